The summed E-state index contributed by atoms with van der Waals surface area (Å²) in [5.41, 5.74) is 1.21. The van der Waals surface area contributed by atoms with Crippen LogP contribution in [0.4, 0.5) is 0 Å². The molecule has 0 aliphatic carbocycles. The molecule has 1 saturated heterocycles. The number of likely N-dealkylation sites (tertiary alicyclic amines) is 1. The lowest BCUT2D eigenvalue weighted by atomic mass is 10.1. The summed E-state index contributed by atoms with van der Waals surface area (Å²) in [4.78, 5) is 14.6. The van der Waals surface area contributed by atoms with E-state index in [1.807, 2.05) is 36.9 Å². The summed E-state index contributed by atoms with van der Waals surface area (Å²) in [5.74, 6) is 1.09. The Bertz CT molecular complexity index is 680. The van der Waals surface area contributed by atoms with E-state index < -0.39 is 0 Å². The van der Waals surface area contributed by atoms with Gasteiger partial charge in [-0.2, -0.15) is 0 Å². The summed E-state index contributed by atoms with van der Waals surface area (Å²) in [5, 5.41) is 9.17. The monoisotopic (exact) mass is 344 g/mol. The van der Waals surface area contributed by atoms with Crippen molar-refractivity contribution in [3.05, 3.63) is 41.7 Å². The van der Waals surface area contributed by atoms with Crippen LogP contribution in [0.5, 0.6) is 0 Å². The van der Waals surface area contributed by atoms with Crippen molar-refractivity contribution in [3.63, 3.8) is 0 Å². The molecule has 1 atom stereocenters. The zero-order valence-electron chi connectivity index (χ0n) is 14.3. The molecule has 24 heavy (non-hydrogen) atoms. The fourth-order valence-corrected chi connectivity index (χ4v) is 3.95. The lowest BCUT2D eigenvalue weighted by Crippen LogP contribution is -2.40. The number of carbonyl (C=O) groups excluding carboxylic acids is 1. The maximum Gasteiger partial charge on any atom is 0.235 e. The third-order valence-electron chi connectivity index (χ3n) is 4.38. The Hall–Kier alpha value is -1.82. The minimum Gasteiger partial charge on any atom is -0.342 e. The van der Waals surface area contributed by atoms with E-state index in [0.29, 0.717) is 0 Å². The molecule has 1 amide bonds. The van der Waals surface area contributed by atoms with Gasteiger partial charge in [-0.05, 0) is 38.7 Å². The van der Waals surface area contributed by atoms with Crippen LogP contribution in [0.25, 0.3) is 0 Å². The number of thioether (sulfide) groups is 1. The summed E-state index contributed by atoms with van der Waals surface area (Å²) in [6.45, 7) is 6.43. The van der Waals surface area contributed by atoms with Gasteiger partial charge in [0.05, 0.1) is 11.8 Å². The zero-order valence-corrected chi connectivity index (χ0v) is 15.1. The molecule has 6 heteroatoms. The molecule has 0 radical (unpaired) electrons. The Morgan fingerprint density at radius 3 is 2.58 bits per heavy atom. The van der Waals surface area contributed by atoms with Crippen molar-refractivity contribution < 1.29 is 4.79 Å². The first-order chi connectivity index (χ1) is 11.6. The molecule has 2 heterocycles. The van der Waals surface area contributed by atoms with Gasteiger partial charge in [0.25, 0.3) is 0 Å². The summed E-state index contributed by atoms with van der Waals surface area (Å²) >= 11 is 1.51. The number of hydrogen-bond acceptors (Lipinski definition) is 4. The molecule has 1 fully saturated rings. The first-order valence-corrected chi connectivity index (χ1v) is 9.42. The van der Waals surface area contributed by atoms with E-state index in [1.165, 1.54) is 23.7 Å². The van der Waals surface area contributed by atoms with Gasteiger partial charge >= 0.3 is 0 Å². The number of aromatic nitrogens is 3. The number of benzene rings is 1. The second kappa shape index (κ2) is 7.83. The average molecular weight is 344 g/mol. The SMILES string of the molecule is Cc1nnc(SC(C)C(=O)N2CCCCC2)n1Cc1ccccc1. The van der Waals surface area contributed by atoms with Crippen molar-refractivity contribution in [1.29, 1.82) is 0 Å². The van der Waals surface area contributed by atoms with Gasteiger partial charge in [-0.1, -0.05) is 42.1 Å². The maximum absolute atomic E-state index is 12.6. The topological polar surface area (TPSA) is 51.0 Å². The molecule has 1 aromatic heterocycles. The van der Waals surface area contributed by atoms with Crippen LogP contribution < -0.4 is 0 Å². The van der Waals surface area contributed by atoms with Gasteiger partial charge in [-0.3, -0.25) is 4.79 Å². The molecule has 1 aliphatic heterocycles. The van der Waals surface area contributed by atoms with Gasteiger partial charge in [0.15, 0.2) is 5.16 Å². The van der Waals surface area contributed by atoms with Crippen LogP contribution in [0.15, 0.2) is 35.5 Å². The van der Waals surface area contributed by atoms with Crippen LogP contribution in [0.2, 0.25) is 0 Å². The van der Waals surface area contributed by atoms with Crippen molar-refractivity contribution in [2.45, 2.75) is 50.1 Å². The van der Waals surface area contributed by atoms with E-state index in [0.717, 1.165) is 43.5 Å². The normalized spacial score (nSPS) is 16.2. The second-order valence-corrected chi connectivity index (χ2v) is 7.56. The fourth-order valence-electron chi connectivity index (χ4n) is 2.98. The Labute approximate surface area is 147 Å². The van der Waals surface area contributed by atoms with Crippen molar-refractivity contribution in [1.82, 2.24) is 19.7 Å². The van der Waals surface area contributed by atoms with Crippen LogP contribution in [0.1, 0.15) is 37.6 Å². The third-order valence-corrected chi connectivity index (χ3v) is 5.45. The van der Waals surface area contributed by atoms with Crippen molar-refractivity contribution in [3.8, 4) is 0 Å². The van der Waals surface area contributed by atoms with Gasteiger partial charge in [0.1, 0.15) is 5.82 Å². The van der Waals surface area contributed by atoms with Gasteiger partial charge in [0.2, 0.25) is 5.91 Å². The summed E-state index contributed by atoms with van der Waals surface area (Å²) in [6.07, 6.45) is 3.47. The Kier molecular flexibility index (Phi) is 5.56. The van der Waals surface area contributed by atoms with Gasteiger partial charge in [0, 0.05) is 13.1 Å². The van der Waals surface area contributed by atoms with Gasteiger partial charge in [-0.25, -0.2) is 0 Å². The van der Waals surface area contributed by atoms with E-state index in [9.17, 15) is 4.79 Å². The first kappa shape index (κ1) is 17.0. The largest absolute Gasteiger partial charge is 0.342 e. The second-order valence-electron chi connectivity index (χ2n) is 6.25. The van der Waals surface area contributed by atoms with Crippen LogP contribution in [-0.2, 0) is 11.3 Å². The number of aryl methyl sites for hydroxylation is 1. The maximum atomic E-state index is 12.6. The van der Waals surface area contributed by atoms with Gasteiger partial charge < -0.3 is 9.47 Å². The fraction of sp³-hybridized carbons (Fsp3) is 0.500. The molecular weight excluding hydrogens is 320 g/mol. The standard InChI is InChI=1S/C18H24N4OS/c1-14(17(23)21-11-7-4-8-12-21)24-18-20-19-15(2)22(18)13-16-9-5-3-6-10-16/h3,5-6,9-10,14H,4,7-8,11-13H2,1-2H3. The molecular formula is C18H24N4OS. The number of piperidine rings is 1. The molecule has 1 aliphatic rings. The third kappa shape index (κ3) is 3.98. The van der Waals surface area contributed by atoms with Gasteiger partial charge in [-0.15, -0.1) is 10.2 Å². The molecule has 128 valence electrons. The Morgan fingerprint density at radius 1 is 1.17 bits per heavy atom. The smallest absolute Gasteiger partial charge is 0.235 e. The number of hydrogen-bond donors (Lipinski definition) is 0. The molecule has 2 aromatic rings. The zero-order chi connectivity index (χ0) is 16.9. The lowest BCUT2D eigenvalue weighted by molar-refractivity contribution is -0.131. The highest BCUT2D eigenvalue weighted by molar-refractivity contribution is 8.00. The summed E-state index contributed by atoms with van der Waals surface area (Å²) < 4.78 is 2.08. The van der Waals surface area contributed by atoms with Crippen molar-refractivity contribution in [2.24, 2.45) is 0 Å². The highest BCUT2D eigenvalue weighted by Crippen LogP contribution is 2.25. The summed E-state index contributed by atoms with van der Waals surface area (Å²) in [7, 11) is 0. The summed E-state index contributed by atoms with van der Waals surface area (Å²) in [6, 6.07) is 10.3. The van der Waals surface area contributed by atoms with E-state index in [-0.39, 0.29) is 11.2 Å². The molecule has 0 bridgehead atoms. The number of amides is 1. The lowest BCUT2D eigenvalue weighted by Gasteiger charge is -2.28. The molecule has 0 N–H and O–H groups in total. The highest BCUT2D eigenvalue weighted by Gasteiger charge is 2.25. The van der Waals surface area contributed by atoms with Crippen molar-refractivity contribution >= 4 is 17.7 Å². The average Bonchev–Trinajstić information content (AvgIpc) is 2.96. The predicted octanol–water partition coefficient (Wildman–Crippen LogP) is 3.13. The van der Waals surface area contributed by atoms with Crippen LogP contribution in [0.3, 0.4) is 0 Å². The first-order valence-electron chi connectivity index (χ1n) is 8.54. The quantitative estimate of drug-likeness (QED) is 0.782. The number of carbonyl (C=O) groups is 1. The molecule has 1 unspecified atom stereocenters. The van der Waals surface area contributed by atoms with Crippen molar-refractivity contribution in [2.75, 3.05) is 13.1 Å². The number of nitrogens with zero attached hydrogens (tertiary/aromatic N) is 4. The Morgan fingerprint density at radius 2 is 1.88 bits per heavy atom. The molecule has 3 rings (SSSR count). The Balaban J connectivity index is 1.69. The van der Waals surface area contributed by atoms with E-state index in [2.05, 4.69) is 26.9 Å². The van der Waals surface area contributed by atoms with Crippen LogP contribution in [0, 0.1) is 6.92 Å². The van der Waals surface area contributed by atoms with E-state index in [4.69, 9.17) is 0 Å². The molecule has 0 spiro atoms. The highest BCUT2D eigenvalue weighted by atomic mass is 32.2. The predicted molar refractivity (Wildman–Crippen MR) is 96.1 cm³/mol. The van der Waals surface area contributed by atoms with Crippen LogP contribution in [-0.4, -0.2) is 43.9 Å². The molecule has 5 nitrogen and oxygen atoms in total. The number of rotatable bonds is 5. The van der Waals surface area contributed by atoms with E-state index in [1.54, 1.807) is 0 Å². The minimum atomic E-state index is -0.138. The van der Waals surface area contributed by atoms with Crippen LogP contribution >= 0.6 is 11.8 Å². The minimum absolute atomic E-state index is 0.138. The van der Waals surface area contributed by atoms with E-state index >= 15 is 0 Å². The molecule has 1 aromatic carbocycles. The molecule has 0 saturated carbocycles.